The summed E-state index contributed by atoms with van der Waals surface area (Å²) in [6, 6.07) is 12.0. The summed E-state index contributed by atoms with van der Waals surface area (Å²) in [7, 11) is 0. The Bertz CT molecular complexity index is 748. The van der Waals surface area contributed by atoms with Crippen LogP contribution in [0.1, 0.15) is 17.5 Å². The summed E-state index contributed by atoms with van der Waals surface area (Å²) in [5, 5.41) is 12.6. The molecule has 0 saturated heterocycles. The van der Waals surface area contributed by atoms with Crippen LogP contribution in [0.15, 0.2) is 42.6 Å². The molecule has 5 heteroatoms. The number of hydrogen-bond donors (Lipinski definition) is 0. The Kier molecular flexibility index (Phi) is 2.55. The molecule has 1 aliphatic rings. The summed E-state index contributed by atoms with van der Waals surface area (Å²) in [5.74, 6) is 0.547. The molecule has 0 fully saturated rings. The number of fused-ring (bicyclic) bond motifs is 1. The summed E-state index contributed by atoms with van der Waals surface area (Å²) >= 11 is 0. The van der Waals surface area contributed by atoms with Gasteiger partial charge in [-0.3, -0.25) is 4.98 Å². The Labute approximate surface area is 116 Å². The summed E-state index contributed by atoms with van der Waals surface area (Å²) in [6.45, 7) is 0. The van der Waals surface area contributed by atoms with E-state index in [1.807, 2.05) is 24.3 Å². The van der Waals surface area contributed by atoms with Crippen LogP contribution >= 0.6 is 0 Å². The number of pyridine rings is 1. The van der Waals surface area contributed by atoms with Crippen molar-refractivity contribution >= 4 is 0 Å². The normalized spacial score (nSPS) is 13.4. The van der Waals surface area contributed by atoms with Crippen molar-refractivity contribution in [3.05, 3.63) is 53.7 Å². The molecule has 0 N–H and O–H groups in total. The zero-order valence-corrected chi connectivity index (χ0v) is 10.9. The largest absolute Gasteiger partial charge is 0.253 e. The number of aromatic nitrogens is 5. The van der Waals surface area contributed by atoms with E-state index in [1.54, 1.807) is 11.0 Å². The number of aryl methyl sites for hydroxylation is 2. The number of benzene rings is 1. The molecule has 0 radical (unpaired) electrons. The maximum absolute atomic E-state index is 4.41. The maximum Gasteiger partial charge on any atom is 0.223 e. The monoisotopic (exact) mass is 263 g/mol. The van der Waals surface area contributed by atoms with Gasteiger partial charge >= 0.3 is 0 Å². The fourth-order valence-corrected chi connectivity index (χ4v) is 2.60. The Morgan fingerprint density at radius 3 is 2.85 bits per heavy atom. The Balaban J connectivity index is 1.72. The van der Waals surface area contributed by atoms with Gasteiger partial charge in [0.15, 0.2) is 0 Å². The molecule has 0 bridgehead atoms. The first-order valence-electron chi connectivity index (χ1n) is 6.74. The third-order valence-corrected chi connectivity index (χ3v) is 3.62. The van der Waals surface area contributed by atoms with E-state index in [4.69, 9.17) is 0 Å². The molecule has 3 aromatic rings. The highest BCUT2D eigenvalue weighted by Gasteiger charge is 2.13. The minimum absolute atomic E-state index is 0.547. The van der Waals surface area contributed by atoms with E-state index in [2.05, 4.69) is 32.5 Å². The first-order chi connectivity index (χ1) is 9.90. The van der Waals surface area contributed by atoms with Gasteiger partial charge in [-0.25, -0.2) is 0 Å². The van der Waals surface area contributed by atoms with Gasteiger partial charge in [0.1, 0.15) is 5.69 Å². The fraction of sp³-hybridized carbons (Fsp3) is 0.200. The van der Waals surface area contributed by atoms with Crippen LogP contribution in [0, 0.1) is 0 Å². The van der Waals surface area contributed by atoms with Crippen LogP contribution in [0.2, 0.25) is 0 Å². The summed E-state index contributed by atoms with van der Waals surface area (Å²) < 4.78 is 0. The highest BCUT2D eigenvalue weighted by Crippen LogP contribution is 2.24. The molecule has 98 valence electrons. The van der Waals surface area contributed by atoms with Crippen molar-refractivity contribution in [2.24, 2.45) is 0 Å². The van der Waals surface area contributed by atoms with Crippen molar-refractivity contribution in [1.29, 1.82) is 0 Å². The van der Waals surface area contributed by atoms with Crippen LogP contribution in [0.4, 0.5) is 0 Å². The van der Waals surface area contributed by atoms with E-state index in [-0.39, 0.29) is 0 Å². The van der Waals surface area contributed by atoms with E-state index >= 15 is 0 Å². The first kappa shape index (κ1) is 11.3. The quantitative estimate of drug-likeness (QED) is 0.711. The average molecular weight is 263 g/mol. The van der Waals surface area contributed by atoms with E-state index in [0.29, 0.717) is 5.82 Å². The smallest absolute Gasteiger partial charge is 0.223 e. The van der Waals surface area contributed by atoms with Crippen molar-refractivity contribution in [2.75, 3.05) is 0 Å². The number of nitrogens with zero attached hydrogens (tertiary/aromatic N) is 5. The standard InChI is InChI=1S/C15H13N5/c1-2-9-16-14(6-1)15-17-19-20(18-15)13-8-7-11-4-3-5-12(11)10-13/h1-2,6-10H,3-5H2. The lowest BCUT2D eigenvalue weighted by Crippen LogP contribution is -2.00. The average Bonchev–Trinajstić information content (AvgIpc) is 3.16. The van der Waals surface area contributed by atoms with Crippen LogP contribution in [0.25, 0.3) is 17.2 Å². The lowest BCUT2D eigenvalue weighted by atomic mass is 10.1. The lowest BCUT2D eigenvalue weighted by molar-refractivity contribution is 0.719. The first-order valence-corrected chi connectivity index (χ1v) is 6.74. The number of rotatable bonds is 2. The van der Waals surface area contributed by atoms with Gasteiger partial charge in [-0.1, -0.05) is 12.1 Å². The van der Waals surface area contributed by atoms with Crippen LogP contribution < -0.4 is 0 Å². The van der Waals surface area contributed by atoms with Crippen LogP contribution in [-0.2, 0) is 12.8 Å². The van der Waals surface area contributed by atoms with Gasteiger partial charge in [-0.2, -0.15) is 0 Å². The van der Waals surface area contributed by atoms with Crippen molar-refractivity contribution in [2.45, 2.75) is 19.3 Å². The van der Waals surface area contributed by atoms with Crippen molar-refractivity contribution in [1.82, 2.24) is 25.2 Å². The predicted octanol–water partition coefficient (Wildman–Crippen LogP) is 2.21. The highest BCUT2D eigenvalue weighted by atomic mass is 15.6. The lowest BCUT2D eigenvalue weighted by Gasteiger charge is -2.02. The summed E-state index contributed by atoms with van der Waals surface area (Å²) in [6.07, 6.45) is 5.29. The second kappa shape index (κ2) is 4.52. The zero-order valence-electron chi connectivity index (χ0n) is 10.9. The second-order valence-electron chi connectivity index (χ2n) is 4.92. The van der Waals surface area contributed by atoms with Gasteiger partial charge in [0.05, 0.1) is 5.69 Å². The van der Waals surface area contributed by atoms with Crippen molar-refractivity contribution < 1.29 is 0 Å². The number of tetrazole rings is 1. The minimum Gasteiger partial charge on any atom is -0.253 e. The molecule has 0 unspecified atom stereocenters. The summed E-state index contributed by atoms with van der Waals surface area (Å²) in [4.78, 5) is 5.81. The van der Waals surface area contributed by atoms with Gasteiger partial charge in [0.2, 0.25) is 5.82 Å². The summed E-state index contributed by atoms with van der Waals surface area (Å²) in [5.41, 5.74) is 4.54. The molecule has 0 spiro atoms. The van der Waals surface area contributed by atoms with Gasteiger partial charge in [-0.05, 0) is 59.9 Å². The van der Waals surface area contributed by atoms with E-state index in [1.165, 1.54) is 24.0 Å². The molecular weight excluding hydrogens is 250 g/mol. The molecular formula is C15H13N5. The van der Waals surface area contributed by atoms with Crippen LogP contribution in [0.5, 0.6) is 0 Å². The Hall–Kier alpha value is -2.56. The van der Waals surface area contributed by atoms with Gasteiger partial charge in [0.25, 0.3) is 0 Å². The van der Waals surface area contributed by atoms with Crippen LogP contribution in [0.3, 0.4) is 0 Å². The van der Waals surface area contributed by atoms with Crippen molar-refractivity contribution in [3.63, 3.8) is 0 Å². The van der Waals surface area contributed by atoms with Gasteiger partial charge in [-0.15, -0.1) is 15.0 Å². The third-order valence-electron chi connectivity index (χ3n) is 3.62. The topological polar surface area (TPSA) is 56.5 Å². The highest BCUT2D eigenvalue weighted by molar-refractivity contribution is 5.47. The van der Waals surface area contributed by atoms with E-state index in [9.17, 15) is 0 Å². The van der Waals surface area contributed by atoms with E-state index in [0.717, 1.165) is 17.8 Å². The third kappa shape index (κ3) is 1.87. The molecule has 1 aliphatic carbocycles. The zero-order chi connectivity index (χ0) is 13.4. The Morgan fingerprint density at radius 1 is 1.00 bits per heavy atom. The molecule has 4 rings (SSSR count). The Morgan fingerprint density at radius 2 is 1.95 bits per heavy atom. The van der Waals surface area contributed by atoms with Crippen molar-refractivity contribution in [3.8, 4) is 17.2 Å². The molecule has 0 saturated carbocycles. The SMILES string of the molecule is c1ccc(-c2nnn(-c3ccc4c(c3)CCC4)n2)nc1. The maximum atomic E-state index is 4.41. The van der Waals surface area contributed by atoms with E-state index < -0.39 is 0 Å². The molecule has 0 atom stereocenters. The van der Waals surface area contributed by atoms with Crippen LogP contribution in [-0.4, -0.2) is 25.2 Å². The molecule has 0 amide bonds. The molecule has 20 heavy (non-hydrogen) atoms. The second-order valence-corrected chi connectivity index (χ2v) is 4.92. The minimum atomic E-state index is 0.547. The van der Waals surface area contributed by atoms with Gasteiger partial charge < -0.3 is 0 Å². The predicted molar refractivity (Wildman–Crippen MR) is 74.4 cm³/mol. The molecule has 1 aromatic carbocycles. The fourth-order valence-electron chi connectivity index (χ4n) is 2.60. The number of hydrogen-bond acceptors (Lipinski definition) is 4. The molecule has 0 aliphatic heterocycles. The molecule has 5 nitrogen and oxygen atoms in total. The van der Waals surface area contributed by atoms with Gasteiger partial charge in [0, 0.05) is 6.20 Å². The molecule has 2 aromatic heterocycles. The molecule has 2 heterocycles.